The Morgan fingerprint density at radius 2 is 1.78 bits per heavy atom. The molecule has 2 fully saturated rings. The van der Waals surface area contributed by atoms with Crippen molar-refractivity contribution in [1.82, 2.24) is 4.90 Å². The zero-order valence-electron chi connectivity index (χ0n) is 18.1. The van der Waals surface area contributed by atoms with Gasteiger partial charge in [0.05, 0.1) is 0 Å². The largest absolute Gasteiger partial charge is 0.454 e. The summed E-state index contributed by atoms with van der Waals surface area (Å²) < 4.78 is 10.7. The van der Waals surface area contributed by atoms with E-state index < -0.39 is 0 Å². The van der Waals surface area contributed by atoms with Crippen molar-refractivity contribution in [3.8, 4) is 11.5 Å². The number of anilines is 1. The van der Waals surface area contributed by atoms with E-state index in [0.717, 1.165) is 44.1 Å². The maximum Gasteiger partial charge on any atom is 0.255 e. The van der Waals surface area contributed by atoms with Crippen LogP contribution < -0.4 is 20.5 Å². The molecule has 168 valence electrons. The molecule has 1 heterocycles. The monoisotopic (exact) mass is 435 g/mol. The van der Waals surface area contributed by atoms with E-state index in [2.05, 4.69) is 5.32 Å². The highest BCUT2D eigenvalue weighted by Crippen LogP contribution is 2.35. The van der Waals surface area contributed by atoms with Crippen molar-refractivity contribution in [2.75, 3.05) is 12.1 Å². The number of fused-ring (bicyclic) bond motifs is 1. The molecule has 3 N–H and O–H groups in total. The summed E-state index contributed by atoms with van der Waals surface area (Å²) in [6.45, 7) is 0.614. The smallest absolute Gasteiger partial charge is 0.255 e. The second-order valence-corrected chi connectivity index (χ2v) is 8.94. The molecule has 1 aliphatic heterocycles. The van der Waals surface area contributed by atoms with E-state index in [9.17, 15) is 9.59 Å². The minimum absolute atomic E-state index is 0.00170. The molecule has 0 bridgehead atoms. The zero-order valence-corrected chi connectivity index (χ0v) is 18.1. The molecule has 0 radical (unpaired) electrons. The van der Waals surface area contributed by atoms with Crippen LogP contribution in [0.5, 0.6) is 11.5 Å². The SMILES string of the molecule is NC1CCCCC1N(Cc1ccccc1NC(=O)c1ccc2c(c1)OCO2)C(=O)C1CC1. The summed E-state index contributed by atoms with van der Waals surface area (Å²) in [6, 6.07) is 12.9. The normalized spacial score (nSPS) is 21.8. The number of rotatable bonds is 6. The van der Waals surface area contributed by atoms with E-state index in [1.54, 1.807) is 18.2 Å². The van der Waals surface area contributed by atoms with Gasteiger partial charge >= 0.3 is 0 Å². The third kappa shape index (κ3) is 4.30. The molecule has 2 aromatic rings. The number of nitrogens with two attached hydrogens (primary N) is 1. The molecular formula is C25H29N3O4. The van der Waals surface area contributed by atoms with Crippen LogP contribution in [0.25, 0.3) is 0 Å². The van der Waals surface area contributed by atoms with Crippen molar-refractivity contribution in [3.05, 3.63) is 53.6 Å². The Labute approximate surface area is 187 Å². The summed E-state index contributed by atoms with van der Waals surface area (Å²) in [5.74, 6) is 1.30. The highest BCUT2D eigenvalue weighted by Gasteiger charge is 2.39. The second kappa shape index (κ2) is 8.82. The number of nitrogens with one attached hydrogen (secondary N) is 1. The highest BCUT2D eigenvalue weighted by atomic mass is 16.7. The quantitative estimate of drug-likeness (QED) is 0.722. The van der Waals surface area contributed by atoms with Gasteiger partial charge in [-0.3, -0.25) is 9.59 Å². The van der Waals surface area contributed by atoms with Crippen LogP contribution in [-0.2, 0) is 11.3 Å². The van der Waals surface area contributed by atoms with Crippen LogP contribution in [0.15, 0.2) is 42.5 Å². The Hall–Kier alpha value is -3.06. The Kier molecular flexibility index (Phi) is 5.74. The van der Waals surface area contributed by atoms with Gasteiger partial charge < -0.3 is 25.4 Å². The van der Waals surface area contributed by atoms with E-state index in [1.807, 2.05) is 29.2 Å². The van der Waals surface area contributed by atoms with Gasteiger partial charge in [-0.15, -0.1) is 0 Å². The first-order valence-corrected chi connectivity index (χ1v) is 11.4. The first-order valence-electron chi connectivity index (χ1n) is 11.4. The van der Waals surface area contributed by atoms with Crippen molar-refractivity contribution in [3.63, 3.8) is 0 Å². The first kappa shape index (κ1) is 20.8. The lowest BCUT2D eigenvalue weighted by molar-refractivity contribution is -0.136. The Bertz CT molecular complexity index is 1020. The lowest BCUT2D eigenvalue weighted by Gasteiger charge is -2.39. The van der Waals surface area contributed by atoms with Crippen LogP contribution in [0.1, 0.15) is 54.4 Å². The molecule has 32 heavy (non-hydrogen) atoms. The Balaban J connectivity index is 1.36. The predicted molar refractivity (Wildman–Crippen MR) is 120 cm³/mol. The van der Waals surface area contributed by atoms with E-state index >= 15 is 0 Å². The minimum Gasteiger partial charge on any atom is -0.454 e. The van der Waals surface area contributed by atoms with Crippen LogP contribution in [0.4, 0.5) is 5.69 Å². The summed E-state index contributed by atoms with van der Waals surface area (Å²) in [4.78, 5) is 28.1. The van der Waals surface area contributed by atoms with Crippen molar-refractivity contribution < 1.29 is 19.1 Å². The summed E-state index contributed by atoms with van der Waals surface area (Å²) in [7, 11) is 0. The van der Waals surface area contributed by atoms with E-state index in [1.165, 1.54) is 0 Å². The fraction of sp³-hybridized carbons (Fsp3) is 0.440. The molecule has 2 atom stereocenters. The first-order chi connectivity index (χ1) is 15.6. The van der Waals surface area contributed by atoms with E-state index in [0.29, 0.717) is 29.3 Å². The summed E-state index contributed by atoms with van der Waals surface area (Å²) in [5, 5.41) is 3.02. The van der Waals surface area contributed by atoms with E-state index in [-0.39, 0.29) is 36.6 Å². The van der Waals surface area contributed by atoms with Crippen LogP contribution in [0.2, 0.25) is 0 Å². The summed E-state index contributed by atoms with van der Waals surface area (Å²) in [6.07, 6.45) is 6.01. The average molecular weight is 436 g/mol. The van der Waals surface area contributed by atoms with Crippen LogP contribution in [0.3, 0.4) is 0 Å². The molecule has 2 unspecified atom stereocenters. The van der Waals surface area contributed by atoms with Crippen LogP contribution >= 0.6 is 0 Å². The number of hydrogen-bond donors (Lipinski definition) is 2. The molecule has 7 heteroatoms. The second-order valence-electron chi connectivity index (χ2n) is 8.94. The Morgan fingerprint density at radius 1 is 1.00 bits per heavy atom. The molecule has 0 aromatic heterocycles. The molecule has 5 rings (SSSR count). The molecule has 0 saturated heterocycles. The lowest BCUT2D eigenvalue weighted by atomic mass is 9.89. The van der Waals surface area contributed by atoms with Crippen LogP contribution in [-0.4, -0.2) is 35.6 Å². The fourth-order valence-corrected chi connectivity index (χ4v) is 4.65. The summed E-state index contributed by atoms with van der Waals surface area (Å²) in [5.41, 5.74) is 8.55. The number of nitrogens with zero attached hydrogens (tertiary/aromatic N) is 1. The molecule has 3 aliphatic rings. The summed E-state index contributed by atoms with van der Waals surface area (Å²) >= 11 is 0. The fourth-order valence-electron chi connectivity index (χ4n) is 4.65. The zero-order chi connectivity index (χ0) is 22.1. The molecule has 0 spiro atoms. The van der Waals surface area contributed by atoms with Gasteiger partial charge in [-0.25, -0.2) is 0 Å². The Morgan fingerprint density at radius 3 is 2.59 bits per heavy atom. The van der Waals surface area contributed by atoms with Gasteiger partial charge in [0, 0.05) is 35.8 Å². The minimum atomic E-state index is -0.231. The molecule has 2 amide bonds. The number of para-hydroxylation sites is 1. The standard InChI is InChI=1S/C25H29N3O4/c26-19-6-2-4-8-21(19)28(25(30)16-9-10-16)14-18-5-1-3-7-20(18)27-24(29)17-11-12-22-23(13-17)32-15-31-22/h1,3,5,7,11-13,16,19,21H,2,4,6,8-10,14-15,26H2,(H,27,29). The van der Waals surface area contributed by atoms with Gasteiger partial charge in [-0.05, 0) is 55.5 Å². The van der Waals surface area contributed by atoms with Crippen LogP contribution in [0, 0.1) is 5.92 Å². The van der Waals surface area contributed by atoms with Gasteiger partial charge in [0.1, 0.15) is 0 Å². The molecule has 2 aromatic carbocycles. The topological polar surface area (TPSA) is 93.9 Å². The van der Waals surface area contributed by atoms with Crippen molar-refractivity contribution in [2.24, 2.45) is 11.7 Å². The maximum atomic E-state index is 13.2. The number of carbonyl (C=O) groups is 2. The van der Waals surface area contributed by atoms with Gasteiger partial charge in [0.25, 0.3) is 5.91 Å². The number of hydrogen-bond acceptors (Lipinski definition) is 5. The number of benzene rings is 2. The maximum absolute atomic E-state index is 13.2. The third-order valence-corrected chi connectivity index (χ3v) is 6.63. The highest BCUT2D eigenvalue weighted by molar-refractivity contribution is 6.05. The molecular weight excluding hydrogens is 406 g/mol. The van der Waals surface area contributed by atoms with Crippen molar-refractivity contribution in [1.29, 1.82) is 0 Å². The number of amides is 2. The van der Waals surface area contributed by atoms with Gasteiger partial charge in [-0.2, -0.15) is 0 Å². The molecule has 2 aliphatic carbocycles. The third-order valence-electron chi connectivity index (χ3n) is 6.63. The van der Waals surface area contributed by atoms with Crippen molar-refractivity contribution in [2.45, 2.75) is 57.2 Å². The van der Waals surface area contributed by atoms with E-state index in [4.69, 9.17) is 15.2 Å². The average Bonchev–Trinajstić information content (AvgIpc) is 3.55. The number of ether oxygens (including phenoxy) is 2. The van der Waals surface area contributed by atoms with Gasteiger partial charge in [0.2, 0.25) is 12.7 Å². The lowest BCUT2D eigenvalue weighted by Crippen LogP contribution is -2.52. The molecule has 7 nitrogen and oxygen atoms in total. The van der Waals surface area contributed by atoms with Gasteiger partial charge in [-0.1, -0.05) is 31.0 Å². The molecule has 2 saturated carbocycles. The van der Waals surface area contributed by atoms with Crippen molar-refractivity contribution >= 4 is 17.5 Å². The van der Waals surface area contributed by atoms with Gasteiger partial charge in [0.15, 0.2) is 11.5 Å². The number of carbonyl (C=O) groups excluding carboxylic acids is 2. The predicted octanol–water partition coefficient (Wildman–Crippen LogP) is 3.68.